The Hall–Kier alpha value is -4.80. The Labute approximate surface area is 198 Å². The van der Waals surface area contributed by atoms with Crippen LogP contribution in [0.2, 0.25) is 0 Å². The monoisotopic (exact) mass is 477 g/mol. The lowest BCUT2D eigenvalue weighted by Crippen LogP contribution is -2.45. The number of carbonyl (C=O) groups excluding carboxylic acids is 4. The lowest BCUT2D eigenvalue weighted by Gasteiger charge is -2.27. The number of anilines is 1. The summed E-state index contributed by atoms with van der Waals surface area (Å²) in [4.78, 5) is 63.2. The highest BCUT2D eigenvalue weighted by Crippen LogP contribution is 2.29. The van der Waals surface area contributed by atoms with Gasteiger partial charge in [-0.3, -0.25) is 29.3 Å². The second kappa shape index (κ2) is 9.59. The van der Waals surface area contributed by atoms with Crippen molar-refractivity contribution in [2.24, 2.45) is 0 Å². The molecule has 2 heterocycles. The molecule has 0 aliphatic carbocycles. The van der Waals surface area contributed by atoms with Crippen molar-refractivity contribution >= 4 is 35.1 Å². The third kappa shape index (κ3) is 4.93. The number of esters is 1. The SMILES string of the molecule is CC(=O)Oc1ccc(N2C(=O)CC(N(Cc3ccco3)C(=O)c3ccc([N+](=O)[O-])cc3)C2=O)cc1. The van der Waals surface area contributed by atoms with Gasteiger partial charge < -0.3 is 14.1 Å². The van der Waals surface area contributed by atoms with Crippen molar-refractivity contribution < 1.29 is 33.3 Å². The van der Waals surface area contributed by atoms with Crippen molar-refractivity contribution in [1.82, 2.24) is 4.90 Å². The Balaban J connectivity index is 1.62. The van der Waals surface area contributed by atoms with Gasteiger partial charge in [0.05, 0.1) is 29.8 Å². The van der Waals surface area contributed by atoms with E-state index >= 15 is 0 Å². The smallest absolute Gasteiger partial charge is 0.308 e. The van der Waals surface area contributed by atoms with E-state index in [1.54, 1.807) is 12.1 Å². The number of nitrogens with zero attached hydrogens (tertiary/aromatic N) is 3. The molecule has 3 amide bonds. The number of rotatable bonds is 7. The van der Waals surface area contributed by atoms with E-state index in [0.29, 0.717) is 5.76 Å². The van der Waals surface area contributed by atoms with Crippen LogP contribution in [0.5, 0.6) is 5.75 Å². The molecular formula is C24H19N3O8. The lowest BCUT2D eigenvalue weighted by molar-refractivity contribution is -0.384. The van der Waals surface area contributed by atoms with Gasteiger partial charge in [-0.1, -0.05) is 0 Å². The van der Waals surface area contributed by atoms with Gasteiger partial charge in [0.15, 0.2) is 0 Å². The first-order valence-corrected chi connectivity index (χ1v) is 10.5. The molecule has 178 valence electrons. The molecule has 0 N–H and O–H groups in total. The van der Waals surface area contributed by atoms with Crippen LogP contribution in [0.3, 0.4) is 0 Å². The Morgan fingerprint density at radius 3 is 2.37 bits per heavy atom. The van der Waals surface area contributed by atoms with Gasteiger partial charge in [-0.05, 0) is 48.5 Å². The zero-order chi connectivity index (χ0) is 25.1. The van der Waals surface area contributed by atoms with E-state index in [0.717, 1.165) is 4.90 Å². The van der Waals surface area contributed by atoms with Gasteiger partial charge in [0.1, 0.15) is 17.6 Å². The first kappa shape index (κ1) is 23.4. The molecule has 3 aromatic rings. The number of hydrogen-bond acceptors (Lipinski definition) is 8. The third-order valence-electron chi connectivity index (χ3n) is 5.35. The topological polar surface area (TPSA) is 140 Å². The highest BCUT2D eigenvalue weighted by atomic mass is 16.6. The molecule has 11 heteroatoms. The van der Waals surface area contributed by atoms with Gasteiger partial charge in [-0.2, -0.15) is 0 Å². The maximum atomic E-state index is 13.4. The number of carbonyl (C=O) groups is 4. The standard InChI is InChI=1S/C24H19N3O8/c1-15(28)35-19-10-8-17(9-11-19)26-22(29)13-21(24(26)31)25(14-20-3-2-12-34-20)23(30)16-4-6-18(7-5-16)27(32)33/h2-12,21H,13-14H2,1H3. The van der Waals surface area contributed by atoms with E-state index in [2.05, 4.69) is 0 Å². The molecule has 1 aromatic heterocycles. The molecule has 1 aliphatic rings. The fourth-order valence-electron chi connectivity index (χ4n) is 3.75. The normalized spacial score (nSPS) is 15.2. The van der Waals surface area contributed by atoms with Crippen LogP contribution in [0, 0.1) is 10.1 Å². The van der Waals surface area contributed by atoms with Gasteiger partial charge in [0, 0.05) is 24.6 Å². The van der Waals surface area contributed by atoms with Gasteiger partial charge in [-0.25, -0.2) is 4.90 Å². The minimum Gasteiger partial charge on any atom is -0.467 e. The van der Waals surface area contributed by atoms with E-state index < -0.39 is 34.7 Å². The van der Waals surface area contributed by atoms with Crippen LogP contribution in [0.15, 0.2) is 71.3 Å². The molecule has 1 aliphatic heterocycles. The van der Waals surface area contributed by atoms with Crippen LogP contribution in [-0.4, -0.2) is 39.6 Å². The van der Waals surface area contributed by atoms with E-state index in [1.165, 1.54) is 66.6 Å². The van der Waals surface area contributed by atoms with Crippen molar-refractivity contribution in [2.45, 2.75) is 25.9 Å². The molecule has 0 saturated carbocycles. The van der Waals surface area contributed by atoms with Crippen LogP contribution in [0.4, 0.5) is 11.4 Å². The summed E-state index contributed by atoms with van der Waals surface area (Å²) in [6, 6.07) is 12.9. The second-order valence-electron chi connectivity index (χ2n) is 7.69. The third-order valence-corrected chi connectivity index (χ3v) is 5.35. The average Bonchev–Trinajstić information content (AvgIpc) is 3.45. The predicted molar refractivity (Wildman–Crippen MR) is 120 cm³/mol. The second-order valence-corrected chi connectivity index (χ2v) is 7.69. The molecule has 0 bridgehead atoms. The van der Waals surface area contributed by atoms with Crippen molar-refractivity contribution in [3.63, 3.8) is 0 Å². The minimum atomic E-state index is -1.12. The van der Waals surface area contributed by atoms with E-state index in [4.69, 9.17) is 9.15 Å². The summed E-state index contributed by atoms with van der Waals surface area (Å²) in [6.07, 6.45) is 1.16. The number of ether oxygens (including phenoxy) is 1. The molecular weight excluding hydrogens is 458 g/mol. The number of nitro groups is 1. The van der Waals surface area contributed by atoms with Crippen molar-refractivity contribution in [3.8, 4) is 5.75 Å². The molecule has 11 nitrogen and oxygen atoms in total. The summed E-state index contributed by atoms with van der Waals surface area (Å²) in [5.41, 5.74) is 0.195. The lowest BCUT2D eigenvalue weighted by atomic mass is 10.1. The molecule has 1 fully saturated rings. The molecule has 1 unspecified atom stereocenters. The summed E-state index contributed by atoms with van der Waals surface area (Å²) < 4.78 is 10.3. The largest absolute Gasteiger partial charge is 0.467 e. The maximum absolute atomic E-state index is 13.4. The zero-order valence-corrected chi connectivity index (χ0v) is 18.5. The van der Waals surface area contributed by atoms with Crippen molar-refractivity contribution in [2.75, 3.05) is 4.90 Å². The highest BCUT2D eigenvalue weighted by molar-refractivity contribution is 6.23. The summed E-state index contributed by atoms with van der Waals surface area (Å²) >= 11 is 0. The summed E-state index contributed by atoms with van der Waals surface area (Å²) in [5, 5.41) is 10.9. The Morgan fingerprint density at radius 2 is 1.80 bits per heavy atom. The summed E-state index contributed by atoms with van der Waals surface area (Å²) in [7, 11) is 0. The van der Waals surface area contributed by atoms with E-state index in [-0.39, 0.29) is 35.7 Å². The van der Waals surface area contributed by atoms with Crippen LogP contribution in [0.25, 0.3) is 0 Å². The number of amides is 3. The fourth-order valence-corrected chi connectivity index (χ4v) is 3.75. The predicted octanol–water partition coefficient (Wildman–Crippen LogP) is 3.09. The molecule has 1 atom stereocenters. The van der Waals surface area contributed by atoms with Crippen molar-refractivity contribution in [3.05, 3.63) is 88.4 Å². The Morgan fingerprint density at radius 1 is 1.11 bits per heavy atom. The highest BCUT2D eigenvalue weighted by Gasteiger charge is 2.44. The molecule has 0 spiro atoms. The fraction of sp³-hybridized carbons (Fsp3) is 0.167. The first-order valence-electron chi connectivity index (χ1n) is 10.5. The quantitative estimate of drug-likeness (QED) is 0.166. The summed E-state index contributed by atoms with van der Waals surface area (Å²) in [6.45, 7) is 1.16. The zero-order valence-electron chi connectivity index (χ0n) is 18.5. The number of nitro benzene ring substituents is 1. The molecule has 0 radical (unpaired) electrons. The molecule has 1 saturated heterocycles. The van der Waals surface area contributed by atoms with E-state index in [9.17, 15) is 29.3 Å². The van der Waals surface area contributed by atoms with Crippen LogP contribution >= 0.6 is 0 Å². The maximum Gasteiger partial charge on any atom is 0.308 e. The average molecular weight is 477 g/mol. The van der Waals surface area contributed by atoms with Crippen LogP contribution in [0.1, 0.15) is 29.5 Å². The number of benzene rings is 2. The van der Waals surface area contributed by atoms with Crippen LogP contribution < -0.4 is 9.64 Å². The van der Waals surface area contributed by atoms with Gasteiger partial charge in [-0.15, -0.1) is 0 Å². The molecule has 2 aromatic carbocycles. The summed E-state index contributed by atoms with van der Waals surface area (Å²) in [5.74, 6) is -1.58. The minimum absolute atomic E-state index is 0.0915. The first-order chi connectivity index (χ1) is 16.7. The number of furan rings is 1. The van der Waals surface area contributed by atoms with Gasteiger partial charge in [0.25, 0.3) is 17.5 Å². The molecule has 35 heavy (non-hydrogen) atoms. The van der Waals surface area contributed by atoms with Gasteiger partial charge >= 0.3 is 5.97 Å². The number of imide groups is 1. The number of non-ortho nitro benzene ring substituents is 1. The van der Waals surface area contributed by atoms with Crippen molar-refractivity contribution in [1.29, 1.82) is 0 Å². The Bertz CT molecular complexity index is 1280. The molecule has 4 rings (SSSR count). The van der Waals surface area contributed by atoms with Crippen LogP contribution in [-0.2, 0) is 20.9 Å². The number of hydrogen-bond donors (Lipinski definition) is 0. The van der Waals surface area contributed by atoms with E-state index in [1.807, 2.05) is 0 Å². The van der Waals surface area contributed by atoms with Gasteiger partial charge in [0.2, 0.25) is 5.91 Å². The Kier molecular flexibility index (Phi) is 6.40.